The van der Waals surface area contributed by atoms with E-state index in [1.807, 2.05) is 34.3 Å². The molecule has 5 nitrogen and oxygen atoms in total. The molecule has 3 heterocycles. The lowest BCUT2D eigenvalue weighted by Gasteiger charge is -2.33. The number of piperidine rings is 1. The van der Waals surface area contributed by atoms with Crippen molar-refractivity contribution in [3.05, 3.63) is 64.0 Å². The monoisotopic (exact) mass is 442 g/mol. The van der Waals surface area contributed by atoms with Crippen LogP contribution in [0.1, 0.15) is 33.6 Å². The summed E-state index contributed by atoms with van der Waals surface area (Å²) in [4.78, 5) is 21.0. The van der Waals surface area contributed by atoms with Crippen LogP contribution in [0.5, 0.6) is 0 Å². The summed E-state index contributed by atoms with van der Waals surface area (Å²) in [5, 5.41) is 4.25. The second kappa shape index (κ2) is 8.44. The van der Waals surface area contributed by atoms with E-state index >= 15 is 0 Å². The summed E-state index contributed by atoms with van der Waals surface area (Å²) in [6.07, 6.45) is 3.58. The van der Waals surface area contributed by atoms with E-state index in [-0.39, 0.29) is 17.1 Å². The highest BCUT2D eigenvalue weighted by atomic mass is 35.5. The molecule has 1 aromatic carbocycles. The van der Waals surface area contributed by atoms with Gasteiger partial charge in [0.25, 0.3) is 5.56 Å². The summed E-state index contributed by atoms with van der Waals surface area (Å²) in [5.41, 5.74) is 1.61. The highest BCUT2D eigenvalue weighted by molar-refractivity contribution is 7.11. The molecule has 0 unspecified atom stereocenters. The minimum atomic E-state index is -0.255. The van der Waals surface area contributed by atoms with Crippen molar-refractivity contribution >= 4 is 34.6 Å². The molecule has 0 aliphatic carbocycles. The maximum atomic E-state index is 13.3. The second-order valence-electron chi connectivity index (χ2n) is 8.67. The van der Waals surface area contributed by atoms with E-state index in [2.05, 4.69) is 48.1 Å². The number of hydrogen-bond acceptors (Lipinski definition) is 5. The predicted molar refractivity (Wildman–Crippen MR) is 127 cm³/mol. The lowest BCUT2D eigenvalue weighted by molar-refractivity contribution is 0.419. The van der Waals surface area contributed by atoms with Crippen LogP contribution in [0.4, 0.5) is 11.5 Å². The van der Waals surface area contributed by atoms with Gasteiger partial charge in [0.1, 0.15) is 11.5 Å². The first-order valence-electron chi connectivity index (χ1n) is 10.3. The van der Waals surface area contributed by atoms with Gasteiger partial charge in [-0.15, -0.1) is 0 Å². The lowest BCUT2D eigenvalue weighted by Crippen LogP contribution is -2.40. The molecule has 0 bridgehead atoms. The molecule has 1 aliphatic heterocycles. The molecule has 1 fully saturated rings. The van der Waals surface area contributed by atoms with Crippen molar-refractivity contribution in [3.8, 4) is 10.4 Å². The Bertz CT molecular complexity index is 1050. The summed E-state index contributed by atoms with van der Waals surface area (Å²) < 4.78 is 1.88. The quantitative estimate of drug-likeness (QED) is 0.582. The van der Waals surface area contributed by atoms with Crippen molar-refractivity contribution in [1.82, 2.24) is 8.94 Å². The van der Waals surface area contributed by atoms with Gasteiger partial charge >= 0.3 is 0 Å². The Morgan fingerprint density at radius 2 is 1.80 bits per heavy atom. The van der Waals surface area contributed by atoms with Crippen LogP contribution < -0.4 is 15.8 Å². The fourth-order valence-corrected chi connectivity index (χ4v) is 4.97. The maximum absolute atomic E-state index is 13.3. The van der Waals surface area contributed by atoms with Crippen molar-refractivity contribution in [2.75, 3.05) is 23.3 Å². The van der Waals surface area contributed by atoms with Crippen molar-refractivity contribution in [3.63, 3.8) is 0 Å². The summed E-state index contributed by atoms with van der Waals surface area (Å²) in [5.74, 6) is 0.952. The van der Waals surface area contributed by atoms with Gasteiger partial charge in [-0.25, -0.2) is 4.98 Å². The van der Waals surface area contributed by atoms with E-state index in [1.165, 1.54) is 0 Å². The van der Waals surface area contributed by atoms with Gasteiger partial charge in [0, 0.05) is 25.3 Å². The first-order chi connectivity index (χ1) is 14.3. The molecule has 30 heavy (non-hydrogen) atoms. The van der Waals surface area contributed by atoms with Gasteiger partial charge in [0.05, 0.1) is 15.4 Å². The smallest absolute Gasteiger partial charge is 0.285 e. The minimum Gasteiger partial charge on any atom is -0.376 e. The molecule has 0 spiro atoms. The molecule has 3 aromatic rings. The average molecular weight is 443 g/mol. The zero-order valence-corrected chi connectivity index (χ0v) is 19.1. The van der Waals surface area contributed by atoms with E-state index in [0.29, 0.717) is 5.02 Å². The van der Waals surface area contributed by atoms with Gasteiger partial charge in [0.2, 0.25) is 0 Å². The molecule has 7 heteroatoms. The molecular weight excluding hydrogens is 416 g/mol. The van der Waals surface area contributed by atoms with Gasteiger partial charge < -0.3 is 10.2 Å². The lowest BCUT2D eigenvalue weighted by atomic mass is 10.0. The first-order valence-corrected chi connectivity index (χ1v) is 11.4. The maximum Gasteiger partial charge on any atom is 0.285 e. The Morgan fingerprint density at radius 1 is 1.10 bits per heavy atom. The Labute approximate surface area is 186 Å². The second-order valence-corrected chi connectivity index (χ2v) is 10.1. The van der Waals surface area contributed by atoms with Gasteiger partial charge in [-0.3, -0.25) is 8.75 Å². The molecule has 1 aliphatic rings. The van der Waals surface area contributed by atoms with E-state index in [1.54, 1.807) is 17.7 Å². The topological polar surface area (TPSA) is 50.2 Å². The standard InChI is InChI=1S/C23H27ClN4OS/c1-23(2,3)28-22(29)20(21(30-28)16-7-5-4-6-8-16)26-18-11-13-27(14-12-18)19-10-9-17(24)15-25-19/h4-10,15,18,26H,11-14H2,1-3H3. The van der Waals surface area contributed by atoms with Gasteiger partial charge in [0.15, 0.2) is 0 Å². The molecule has 0 radical (unpaired) electrons. The molecular formula is C23H27ClN4OS. The normalized spacial score (nSPS) is 15.4. The molecule has 0 atom stereocenters. The van der Waals surface area contributed by atoms with Gasteiger partial charge in [-0.05, 0) is 51.3 Å². The third kappa shape index (κ3) is 4.40. The Balaban J connectivity index is 1.55. The van der Waals surface area contributed by atoms with Crippen LogP contribution in [0.3, 0.4) is 0 Å². The number of nitrogens with zero attached hydrogens (tertiary/aromatic N) is 3. The van der Waals surface area contributed by atoms with E-state index in [0.717, 1.165) is 47.9 Å². The minimum absolute atomic E-state index is 0.0631. The third-order valence-electron chi connectivity index (χ3n) is 5.33. The Kier molecular flexibility index (Phi) is 5.89. The highest BCUT2D eigenvalue weighted by Crippen LogP contribution is 2.34. The number of rotatable bonds is 4. The number of nitrogens with one attached hydrogen (secondary N) is 1. The van der Waals surface area contributed by atoms with Crippen LogP contribution in [0.2, 0.25) is 5.02 Å². The van der Waals surface area contributed by atoms with Gasteiger partial charge in [-0.1, -0.05) is 53.5 Å². The van der Waals surface area contributed by atoms with Crippen LogP contribution in [0.25, 0.3) is 10.4 Å². The van der Waals surface area contributed by atoms with E-state index < -0.39 is 0 Å². The van der Waals surface area contributed by atoms with E-state index in [4.69, 9.17) is 11.6 Å². The van der Waals surface area contributed by atoms with Crippen LogP contribution >= 0.6 is 23.1 Å². The molecule has 0 amide bonds. The summed E-state index contributed by atoms with van der Waals surface area (Å²) >= 11 is 7.50. The fraction of sp³-hybridized carbons (Fsp3) is 0.391. The van der Waals surface area contributed by atoms with Crippen LogP contribution in [0, 0.1) is 0 Å². The average Bonchev–Trinajstić information content (AvgIpc) is 3.06. The number of anilines is 2. The molecule has 2 aromatic heterocycles. The van der Waals surface area contributed by atoms with Crippen molar-refractivity contribution in [1.29, 1.82) is 0 Å². The summed E-state index contributed by atoms with van der Waals surface area (Å²) in [6.45, 7) is 8.00. The molecule has 158 valence electrons. The molecule has 4 rings (SSSR count). The largest absolute Gasteiger partial charge is 0.376 e. The van der Waals surface area contributed by atoms with Crippen molar-refractivity contribution < 1.29 is 0 Å². The molecule has 1 saturated heterocycles. The Morgan fingerprint density at radius 3 is 2.40 bits per heavy atom. The van der Waals surface area contributed by atoms with E-state index in [9.17, 15) is 4.79 Å². The van der Waals surface area contributed by atoms with Crippen molar-refractivity contribution in [2.24, 2.45) is 0 Å². The highest BCUT2D eigenvalue weighted by Gasteiger charge is 2.27. The Hall–Kier alpha value is -2.31. The predicted octanol–water partition coefficient (Wildman–Crippen LogP) is 5.46. The van der Waals surface area contributed by atoms with Crippen molar-refractivity contribution in [2.45, 2.75) is 45.2 Å². The summed E-state index contributed by atoms with van der Waals surface area (Å²) in [6, 6.07) is 14.3. The molecule has 1 N–H and O–H groups in total. The van der Waals surface area contributed by atoms with Crippen LogP contribution in [0.15, 0.2) is 53.5 Å². The SMILES string of the molecule is CC(C)(C)n1sc(-c2ccccc2)c(NC2CCN(c3ccc(Cl)cn3)CC2)c1=O. The van der Waals surface area contributed by atoms with Gasteiger partial charge in [-0.2, -0.15) is 0 Å². The molecule has 0 saturated carbocycles. The zero-order valence-electron chi connectivity index (χ0n) is 17.6. The number of aromatic nitrogens is 2. The third-order valence-corrected chi connectivity index (χ3v) is 7.07. The summed E-state index contributed by atoms with van der Waals surface area (Å²) in [7, 11) is 0. The first kappa shape index (κ1) is 20.9. The zero-order chi connectivity index (χ0) is 21.3. The number of pyridine rings is 1. The fourth-order valence-electron chi connectivity index (χ4n) is 3.74. The van der Waals surface area contributed by atoms with Crippen LogP contribution in [-0.2, 0) is 5.54 Å². The number of benzene rings is 1. The number of hydrogen-bond donors (Lipinski definition) is 1. The van der Waals surface area contributed by atoms with Crippen LogP contribution in [-0.4, -0.2) is 28.1 Å². The number of halogens is 1.